The van der Waals surface area contributed by atoms with Crippen LogP contribution in [0, 0.1) is 11.3 Å². The third-order valence-electron chi connectivity index (χ3n) is 2.12. The number of anilines is 1. The summed E-state index contributed by atoms with van der Waals surface area (Å²) in [6.07, 6.45) is 3.23. The van der Waals surface area contributed by atoms with E-state index < -0.39 is 0 Å². The van der Waals surface area contributed by atoms with Crippen LogP contribution in [0.5, 0.6) is 0 Å². The number of rotatable bonds is 3. The van der Waals surface area contributed by atoms with Crippen LogP contribution in [0.25, 0.3) is 0 Å². The molecule has 0 radical (unpaired) electrons. The molecule has 16 heavy (non-hydrogen) atoms. The lowest BCUT2D eigenvalue weighted by molar-refractivity contribution is 0.810. The highest BCUT2D eigenvalue weighted by Gasteiger charge is 2.01. The standard InChI is InChI=1S/C10H10N6/c1-16-7-14-15-10(16)6-13-9-4-8(5-11)2-3-12-9/h2-4,7H,6H2,1H3,(H,12,13). The van der Waals surface area contributed by atoms with Gasteiger partial charge in [0.15, 0.2) is 5.82 Å². The van der Waals surface area contributed by atoms with Crippen LogP contribution in [0.3, 0.4) is 0 Å². The highest BCUT2D eigenvalue weighted by Crippen LogP contribution is 2.06. The summed E-state index contributed by atoms with van der Waals surface area (Å²) in [7, 11) is 1.87. The van der Waals surface area contributed by atoms with Crippen LogP contribution < -0.4 is 5.32 Å². The van der Waals surface area contributed by atoms with E-state index in [4.69, 9.17) is 5.26 Å². The zero-order valence-electron chi connectivity index (χ0n) is 8.75. The van der Waals surface area contributed by atoms with Crippen LogP contribution in [0.15, 0.2) is 24.7 Å². The molecule has 0 aliphatic rings. The van der Waals surface area contributed by atoms with Gasteiger partial charge in [0.05, 0.1) is 18.2 Å². The fourth-order valence-electron chi connectivity index (χ4n) is 1.23. The molecule has 0 spiro atoms. The van der Waals surface area contributed by atoms with Crippen molar-refractivity contribution < 1.29 is 0 Å². The second-order valence-electron chi connectivity index (χ2n) is 3.25. The van der Waals surface area contributed by atoms with Crippen molar-refractivity contribution in [2.75, 3.05) is 5.32 Å². The first kappa shape index (κ1) is 10.1. The molecule has 6 heteroatoms. The minimum atomic E-state index is 0.526. The van der Waals surface area contributed by atoms with Crippen LogP contribution in [0.4, 0.5) is 5.82 Å². The number of pyridine rings is 1. The van der Waals surface area contributed by atoms with Crippen LogP contribution in [-0.4, -0.2) is 19.7 Å². The Morgan fingerprint density at radius 3 is 3.12 bits per heavy atom. The van der Waals surface area contributed by atoms with Gasteiger partial charge in [-0.1, -0.05) is 0 Å². The van der Waals surface area contributed by atoms with E-state index in [2.05, 4.69) is 26.6 Å². The molecule has 0 aliphatic carbocycles. The Labute approximate surface area is 92.6 Å². The minimum Gasteiger partial charge on any atom is -0.363 e. The summed E-state index contributed by atoms with van der Waals surface area (Å²) in [4.78, 5) is 4.10. The normalized spacial score (nSPS) is 9.75. The predicted molar refractivity (Wildman–Crippen MR) is 57.3 cm³/mol. The van der Waals surface area contributed by atoms with Crippen molar-refractivity contribution in [3.05, 3.63) is 36.0 Å². The fourth-order valence-corrected chi connectivity index (χ4v) is 1.23. The van der Waals surface area contributed by atoms with E-state index in [0.717, 1.165) is 5.82 Å². The third-order valence-corrected chi connectivity index (χ3v) is 2.12. The van der Waals surface area contributed by atoms with Crippen molar-refractivity contribution in [2.24, 2.45) is 7.05 Å². The number of nitrogens with zero attached hydrogens (tertiary/aromatic N) is 5. The molecule has 0 unspecified atom stereocenters. The lowest BCUT2D eigenvalue weighted by Gasteiger charge is -2.04. The first-order valence-corrected chi connectivity index (χ1v) is 4.72. The van der Waals surface area contributed by atoms with E-state index in [-0.39, 0.29) is 0 Å². The second-order valence-corrected chi connectivity index (χ2v) is 3.25. The zero-order chi connectivity index (χ0) is 11.4. The van der Waals surface area contributed by atoms with Gasteiger partial charge in [-0.3, -0.25) is 0 Å². The maximum atomic E-state index is 8.73. The summed E-state index contributed by atoms with van der Waals surface area (Å²) in [6, 6.07) is 5.41. The molecule has 0 aliphatic heterocycles. The molecule has 80 valence electrons. The largest absolute Gasteiger partial charge is 0.363 e. The summed E-state index contributed by atoms with van der Waals surface area (Å²) in [5.74, 6) is 1.46. The van der Waals surface area contributed by atoms with Gasteiger partial charge >= 0.3 is 0 Å². The third kappa shape index (κ3) is 2.15. The second kappa shape index (κ2) is 4.40. The van der Waals surface area contributed by atoms with Crippen molar-refractivity contribution in [1.82, 2.24) is 19.7 Å². The Morgan fingerprint density at radius 1 is 1.56 bits per heavy atom. The maximum absolute atomic E-state index is 8.73. The number of nitriles is 1. The zero-order valence-corrected chi connectivity index (χ0v) is 8.75. The number of aryl methyl sites for hydroxylation is 1. The Bertz CT molecular complexity index is 524. The topological polar surface area (TPSA) is 79.4 Å². The average Bonchev–Trinajstić information content (AvgIpc) is 2.72. The lowest BCUT2D eigenvalue weighted by atomic mass is 10.3. The highest BCUT2D eigenvalue weighted by atomic mass is 15.3. The summed E-state index contributed by atoms with van der Waals surface area (Å²) in [5, 5.41) is 19.5. The summed E-state index contributed by atoms with van der Waals surface area (Å²) in [6.45, 7) is 0.526. The van der Waals surface area contributed by atoms with Gasteiger partial charge in [0, 0.05) is 13.2 Å². The monoisotopic (exact) mass is 214 g/mol. The first-order chi connectivity index (χ1) is 7.79. The molecule has 2 aromatic heterocycles. The molecule has 2 aromatic rings. The first-order valence-electron chi connectivity index (χ1n) is 4.72. The Morgan fingerprint density at radius 2 is 2.44 bits per heavy atom. The van der Waals surface area contributed by atoms with Crippen molar-refractivity contribution in [1.29, 1.82) is 5.26 Å². The van der Waals surface area contributed by atoms with E-state index >= 15 is 0 Å². The molecule has 2 heterocycles. The van der Waals surface area contributed by atoms with E-state index in [1.165, 1.54) is 0 Å². The molecule has 0 fully saturated rings. The lowest BCUT2D eigenvalue weighted by Crippen LogP contribution is -2.06. The van der Waals surface area contributed by atoms with E-state index in [0.29, 0.717) is 17.9 Å². The minimum absolute atomic E-state index is 0.526. The Balaban J connectivity index is 2.05. The smallest absolute Gasteiger partial charge is 0.151 e. The number of nitrogens with one attached hydrogen (secondary N) is 1. The van der Waals surface area contributed by atoms with Gasteiger partial charge in [-0.15, -0.1) is 10.2 Å². The quantitative estimate of drug-likeness (QED) is 0.813. The van der Waals surface area contributed by atoms with Gasteiger partial charge in [-0.05, 0) is 12.1 Å². The fraction of sp³-hybridized carbons (Fsp3) is 0.200. The van der Waals surface area contributed by atoms with Gasteiger partial charge in [-0.2, -0.15) is 5.26 Å². The molecule has 0 saturated heterocycles. The van der Waals surface area contributed by atoms with Crippen molar-refractivity contribution >= 4 is 5.82 Å². The van der Waals surface area contributed by atoms with Crippen molar-refractivity contribution in [3.8, 4) is 6.07 Å². The molecule has 0 saturated carbocycles. The summed E-state index contributed by atoms with van der Waals surface area (Å²) >= 11 is 0. The van der Waals surface area contributed by atoms with Crippen molar-refractivity contribution in [2.45, 2.75) is 6.54 Å². The van der Waals surface area contributed by atoms with Gasteiger partial charge in [0.1, 0.15) is 12.1 Å². The molecule has 0 atom stereocenters. The average molecular weight is 214 g/mol. The maximum Gasteiger partial charge on any atom is 0.151 e. The molecule has 6 nitrogen and oxygen atoms in total. The van der Waals surface area contributed by atoms with Crippen LogP contribution in [0.2, 0.25) is 0 Å². The molecule has 0 aromatic carbocycles. The SMILES string of the molecule is Cn1cnnc1CNc1cc(C#N)ccn1. The van der Waals surface area contributed by atoms with Crippen molar-refractivity contribution in [3.63, 3.8) is 0 Å². The van der Waals surface area contributed by atoms with Crippen LogP contribution in [0.1, 0.15) is 11.4 Å². The summed E-state index contributed by atoms with van der Waals surface area (Å²) < 4.78 is 1.82. The van der Waals surface area contributed by atoms with Gasteiger partial charge in [0.2, 0.25) is 0 Å². The molecule has 2 rings (SSSR count). The van der Waals surface area contributed by atoms with E-state index in [1.54, 1.807) is 24.7 Å². The predicted octanol–water partition coefficient (Wildman–Crippen LogP) is 0.694. The van der Waals surface area contributed by atoms with Gasteiger partial charge < -0.3 is 9.88 Å². The highest BCUT2D eigenvalue weighted by molar-refractivity contribution is 5.42. The number of aromatic nitrogens is 4. The van der Waals surface area contributed by atoms with Crippen LogP contribution >= 0.6 is 0 Å². The Kier molecular flexibility index (Phi) is 2.78. The molecule has 0 amide bonds. The molecule has 0 bridgehead atoms. The van der Waals surface area contributed by atoms with Gasteiger partial charge in [0.25, 0.3) is 0 Å². The van der Waals surface area contributed by atoms with E-state index in [9.17, 15) is 0 Å². The molecular weight excluding hydrogens is 204 g/mol. The Hall–Kier alpha value is -2.42. The molecular formula is C10H10N6. The molecule has 1 N–H and O–H groups in total. The number of hydrogen-bond acceptors (Lipinski definition) is 5. The van der Waals surface area contributed by atoms with E-state index in [1.807, 2.05) is 11.6 Å². The number of hydrogen-bond donors (Lipinski definition) is 1. The summed E-state index contributed by atoms with van der Waals surface area (Å²) in [5.41, 5.74) is 0.579. The van der Waals surface area contributed by atoms with Crippen LogP contribution in [-0.2, 0) is 13.6 Å². The van der Waals surface area contributed by atoms with Gasteiger partial charge in [-0.25, -0.2) is 4.98 Å².